The van der Waals surface area contributed by atoms with Gasteiger partial charge >= 0.3 is 5.97 Å². The Labute approximate surface area is 91.4 Å². The third-order valence-electron chi connectivity index (χ3n) is 3.03. The van der Waals surface area contributed by atoms with Gasteiger partial charge in [-0.2, -0.15) is 0 Å². The molecule has 3 rings (SSSR count). The first-order valence-corrected chi connectivity index (χ1v) is 5.89. The molecule has 0 radical (unpaired) electrons. The average molecular weight is 221 g/mol. The van der Waals surface area contributed by atoms with Gasteiger partial charge in [-0.05, 0) is 36.5 Å². The Morgan fingerprint density at radius 2 is 2.27 bits per heavy atom. The van der Waals surface area contributed by atoms with E-state index < -0.39 is 5.97 Å². The molecule has 2 N–H and O–H groups in total. The first-order valence-electron chi connectivity index (χ1n) is 5.08. The number of aryl methyl sites for hydroxylation is 1. The van der Waals surface area contributed by atoms with Gasteiger partial charge < -0.3 is 10.4 Å². The Morgan fingerprint density at radius 1 is 1.40 bits per heavy atom. The van der Waals surface area contributed by atoms with Crippen molar-refractivity contribution in [3.63, 3.8) is 0 Å². The molecule has 0 spiro atoms. The van der Waals surface area contributed by atoms with Gasteiger partial charge in [0, 0.05) is 6.54 Å². The zero-order chi connectivity index (χ0) is 10.4. The minimum Gasteiger partial charge on any atom is -0.477 e. The van der Waals surface area contributed by atoms with Crippen molar-refractivity contribution in [3.8, 4) is 0 Å². The summed E-state index contributed by atoms with van der Waals surface area (Å²) in [6, 6.07) is 1.83. The largest absolute Gasteiger partial charge is 0.477 e. The van der Waals surface area contributed by atoms with Crippen LogP contribution >= 0.6 is 11.3 Å². The van der Waals surface area contributed by atoms with Gasteiger partial charge in [-0.15, -0.1) is 11.3 Å². The molecule has 2 heterocycles. The highest BCUT2D eigenvalue weighted by molar-refractivity contribution is 7.15. The van der Waals surface area contributed by atoms with Crippen LogP contribution in [0.4, 0.5) is 0 Å². The summed E-state index contributed by atoms with van der Waals surface area (Å²) in [5.74, 6) is -0.811. The lowest BCUT2D eigenvalue weighted by Crippen LogP contribution is -2.08. The number of aromatic carboxylic acids is 1. The van der Waals surface area contributed by atoms with E-state index in [2.05, 4.69) is 5.32 Å². The lowest BCUT2D eigenvalue weighted by molar-refractivity contribution is 0.0702. The summed E-state index contributed by atoms with van der Waals surface area (Å²) in [6.07, 6.45) is 3.21. The predicted molar refractivity (Wildman–Crippen MR) is 59.1 cm³/mol. The van der Waals surface area contributed by atoms with Crippen LogP contribution in [-0.2, 0) is 6.42 Å². The minimum atomic E-state index is -0.811. The van der Waals surface area contributed by atoms with Crippen LogP contribution in [0.5, 0.6) is 0 Å². The standard InChI is InChI=1S/C11H11NO2S/c13-11(14)8-5-7-2-1-6-3-4-12-9(6)10(7)15-8/h5,12H,1-4H2,(H,13,14). The molecule has 15 heavy (non-hydrogen) atoms. The summed E-state index contributed by atoms with van der Waals surface area (Å²) < 4.78 is 0. The van der Waals surface area contributed by atoms with E-state index >= 15 is 0 Å². The topological polar surface area (TPSA) is 49.3 Å². The zero-order valence-electron chi connectivity index (χ0n) is 8.17. The summed E-state index contributed by atoms with van der Waals surface area (Å²) in [5.41, 5.74) is 3.89. The Balaban J connectivity index is 2.11. The number of thiophene rings is 1. The quantitative estimate of drug-likeness (QED) is 0.763. The molecule has 0 fully saturated rings. The molecule has 2 aliphatic rings. The highest BCUT2D eigenvalue weighted by atomic mass is 32.1. The van der Waals surface area contributed by atoms with Crippen molar-refractivity contribution in [1.82, 2.24) is 5.32 Å². The van der Waals surface area contributed by atoms with Gasteiger partial charge in [-0.1, -0.05) is 0 Å². The van der Waals surface area contributed by atoms with Crippen molar-refractivity contribution in [1.29, 1.82) is 0 Å². The fourth-order valence-corrected chi connectivity index (χ4v) is 3.42. The molecule has 1 aromatic rings. The first-order chi connectivity index (χ1) is 7.25. The van der Waals surface area contributed by atoms with Crippen molar-refractivity contribution in [2.45, 2.75) is 19.3 Å². The smallest absolute Gasteiger partial charge is 0.345 e. The van der Waals surface area contributed by atoms with E-state index in [0.29, 0.717) is 4.88 Å². The van der Waals surface area contributed by atoms with Gasteiger partial charge in [-0.25, -0.2) is 4.79 Å². The van der Waals surface area contributed by atoms with E-state index in [1.807, 2.05) is 6.07 Å². The molecule has 78 valence electrons. The molecule has 1 aliphatic heterocycles. The third-order valence-corrected chi connectivity index (χ3v) is 4.21. The minimum absolute atomic E-state index is 0.461. The maximum atomic E-state index is 10.9. The normalized spacial score (nSPS) is 18.4. The number of hydrogen-bond acceptors (Lipinski definition) is 3. The third kappa shape index (κ3) is 1.28. The van der Waals surface area contributed by atoms with Gasteiger partial charge in [-0.3, -0.25) is 0 Å². The van der Waals surface area contributed by atoms with Crippen molar-refractivity contribution in [3.05, 3.63) is 27.0 Å². The Morgan fingerprint density at radius 3 is 3.07 bits per heavy atom. The number of hydrogen-bond donors (Lipinski definition) is 2. The number of carboxylic acids is 1. The van der Waals surface area contributed by atoms with Crippen LogP contribution < -0.4 is 5.32 Å². The maximum absolute atomic E-state index is 10.9. The number of nitrogens with one attached hydrogen (secondary N) is 1. The van der Waals surface area contributed by atoms with E-state index in [1.165, 1.54) is 28.2 Å². The second-order valence-electron chi connectivity index (χ2n) is 3.93. The van der Waals surface area contributed by atoms with Crippen LogP contribution in [-0.4, -0.2) is 17.6 Å². The van der Waals surface area contributed by atoms with Crippen LogP contribution in [0.2, 0.25) is 0 Å². The molecule has 0 aromatic carbocycles. The van der Waals surface area contributed by atoms with E-state index in [0.717, 1.165) is 30.7 Å². The van der Waals surface area contributed by atoms with Crippen molar-refractivity contribution in [2.24, 2.45) is 0 Å². The van der Waals surface area contributed by atoms with Gasteiger partial charge in [0.2, 0.25) is 0 Å². The molecule has 0 saturated carbocycles. The Hall–Kier alpha value is -1.29. The average Bonchev–Trinajstić information content (AvgIpc) is 2.82. The van der Waals surface area contributed by atoms with Crippen LogP contribution in [0.3, 0.4) is 0 Å². The maximum Gasteiger partial charge on any atom is 0.345 e. The van der Waals surface area contributed by atoms with Gasteiger partial charge in [0.15, 0.2) is 0 Å². The monoisotopic (exact) mass is 221 g/mol. The van der Waals surface area contributed by atoms with Gasteiger partial charge in [0.1, 0.15) is 4.88 Å². The molecule has 1 aromatic heterocycles. The lowest BCUT2D eigenvalue weighted by atomic mass is 9.96. The molecule has 0 unspecified atom stereocenters. The lowest BCUT2D eigenvalue weighted by Gasteiger charge is -2.13. The highest BCUT2D eigenvalue weighted by Gasteiger charge is 2.25. The Kier molecular flexibility index (Phi) is 1.85. The van der Waals surface area contributed by atoms with E-state index in [9.17, 15) is 4.79 Å². The summed E-state index contributed by atoms with van der Waals surface area (Å²) in [5, 5.41) is 12.3. The van der Waals surface area contributed by atoms with Crippen LogP contribution in [0.1, 0.15) is 33.0 Å². The summed E-state index contributed by atoms with van der Waals surface area (Å²) in [6.45, 7) is 1.00. The van der Waals surface area contributed by atoms with E-state index in [1.54, 1.807) is 0 Å². The predicted octanol–water partition coefficient (Wildman–Crippen LogP) is 2.10. The van der Waals surface area contributed by atoms with E-state index in [4.69, 9.17) is 5.11 Å². The van der Waals surface area contributed by atoms with Gasteiger partial charge in [0.25, 0.3) is 0 Å². The first kappa shape index (κ1) is 8.97. The second-order valence-corrected chi connectivity index (χ2v) is 4.98. The molecule has 3 nitrogen and oxygen atoms in total. The highest BCUT2D eigenvalue weighted by Crippen LogP contribution is 2.39. The molecule has 0 bridgehead atoms. The molecule has 0 saturated heterocycles. The fourth-order valence-electron chi connectivity index (χ4n) is 2.30. The number of carboxylic acid groups (broad SMARTS) is 1. The second kappa shape index (κ2) is 3.10. The van der Waals surface area contributed by atoms with E-state index in [-0.39, 0.29) is 0 Å². The molecule has 0 amide bonds. The molecular weight excluding hydrogens is 210 g/mol. The molecule has 4 heteroatoms. The number of fused-ring (bicyclic) bond motifs is 2. The SMILES string of the molecule is O=C(O)c1cc2c(s1)C1=C(CCN1)CC2. The number of carbonyl (C=O) groups is 1. The summed E-state index contributed by atoms with van der Waals surface area (Å²) >= 11 is 1.40. The van der Waals surface area contributed by atoms with Crippen LogP contribution in [0.15, 0.2) is 11.6 Å². The Bertz CT molecular complexity index is 473. The van der Waals surface area contributed by atoms with Crippen molar-refractivity contribution < 1.29 is 9.90 Å². The molecule has 0 atom stereocenters. The molecule has 1 aliphatic carbocycles. The van der Waals surface area contributed by atoms with Gasteiger partial charge in [0.05, 0.1) is 10.6 Å². The van der Waals surface area contributed by atoms with Crippen LogP contribution in [0.25, 0.3) is 5.70 Å². The summed E-state index contributed by atoms with van der Waals surface area (Å²) in [4.78, 5) is 12.5. The molecular formula is C11H11NO2S. The number of rotatable bonds is 1. The van der Waals surface area contributed by atoms with Crippen LogP contribution in [0, 0.1) is 0 Å². The fraction of sp³-hybridized carbons (Fsp3) is 0.364. The zero-order valence-corrected chi connectivity index (χ0v) is 8.99. The van der Waals surface area contributed by atoms with Crippen molar-refractivity contribution in [2.75, 3.05) is 6.54 Å². The summed E-state index contributed by atoms with van der Waals surface area (Å²) in [7, 11) is 0. The van der Waals surface area contributed by atoms with Crippen molar-refractivity contribution >= 4 is 23.0 Å².